The Morgan fingerprint density at radius 1 is 1.33 bits per heavy atom. The van der Waals surface area contributed by atoms with Crippen molar-refractivity contribution >= 4 is 29.4 Å². The minimum Gasteiger partial charge on any atom is -0.489 e. The molecule has 2 N–H and O–H groups in total. The van der Waals surface area contributed by atoms with Gasteiger partial charge in [-0.15, -0.1) is 0 Å². The Balaban J connectivity index is 2.06. The molecule has 0 aromatic heterocycles. The molecule has 1 aromatic rings. The Labute approximate surface area is 162 Å². The number of anilines is 1. The molecule has 27 heavy (non-hydrogen) atoms. The predicted octanol–water partition coefficient (Wildman–Crippen LogP) is 5.16. The maximum absolute atomic E-state index is 14.1. The van der Waals surface area contributed by atoms with Crippen LogP contribution < -0.4 is 10.1 Å². The Bertz CT molecular complexity index is 735. The summed E-state index contributed by atoms with van der Waals surface area (Å²) in [5, 5.41) is 11.6. The second-order valence-electron chi connectivity index (χ2n) is 6.60. The topological polar surface area (TPSA) is 84.9 Å². The first-order valence-corrected chi connectivity index (χ1v) is 9.18. The molecule has 0 bridgehead atoms. The van der Waals surface area contributed by atoms with Crippen molar-refractivity contribution in [2.75, 3.05) is 5.32 Å². The van der Waals surface area contributed by atoms with Gasteiger partial charge in [0.25, 0.3) is 0 Å². The highest BCUT2D eigenvalue weighted by molar-refractivity contribution is 6.32. The largest absolute Gasteiger partial charge is 0.489 e. The summed E-state index contributed by atoms with van der Waals surface area (Å²) in [6.45, 7) is 3.55. The van der Waals surface area contributed by atoms with E-state index in [1.807, 2.05) is 6.08 Å². The van der Waals surface area contributed by atoms with Crippen LogP contribution in [0.25, 0.3) is 0 Å². The van der Waals surface area contributed by atoms with Crippen molar-refractivity contribution < 1.29 is 28.6 Å². The first kappa shape index (κ1) is 21.0. The van der Waals surface area contributed by atoms with Gasteiger partial charge >= 0.3 is 12.1 Å². The third-order valence-corrected chi connectivity index (χ3v) is 4.27. The quantitative estimate of drug-likeness (QED) is 0.618. The summed E-state index contributed by atoms with van der Waals surface area (Å²) in [6, 6.07) is 2.24. The van der Waals surface area contributed by atoms with E-state index >= 15 is 0 Å². The lowest BCUT2D eigenvalue weighted by molar-refractivity contribution is -0.146. The molecule has 2 rings (SSSR count). The molecule has 0 spiro atoms. The van der Waals surface area contributed by atoms with E-state index < -0.39 is 24.0 Å². The standard InChI is InChI=1S/C19H23ClFNO5/c1-11(2)26-16-10-15(14(21)9-13(16)20)22-19(25)27-17(18(23)24)8-12-6-4-3-5-7-12/h6,9-11,17H,3-5,7-8H2,1-2H3,(H,22,25)(H,23,24). The molecule has 1 unspecified atom stereocenters. The lowest BCUT2D eigenvalue weighted by Crippen LogP contribution is -2.30. The van der Waals surface area contributed by atoms with E-state index in [0.717, 1.165) is 37.3 Å². The van der Waals surface area contributed by atoms with Crippen molar-refractivity contribution in [3.05, 3.63) is 34.6 Å². The van der Waals surface area contributed by atoms with Gasteiger partial charge in [0, 0.05) is 12.5 Å². The zero-order valence-electron chi connectivity index (χ0n) is 15.3. The van der Waals surface area contributed by atoms with Gasteiger partial charge in [0.05, 0.1) is 16.8 Å². The Hall–Kier alpha value is -2.28. The van der Waals surface area contributed by atoms with Crippen LogP contribution in [0.5, 0.6) is 5.75 Å². The predicted molar refractivity (Wildman–Crippen MR) is 99.9 cm³/mol. The lowest BCUT2D eigenvalue weighted by Gasteiger charge is -2.19. The molecule has 1 aliphatic carbocycles. The van der Waals surface area contributed by atoms with Gasteiger partial charge in [0.2, 0.25) is 6.10 Å². The monoisotopic (exact) mass is 399 g/mol. The fraction of sp³-hybridized carbons (Fsp3) is 0.474. The van der Waals surface area contributed by atoms with E-state index in [0.29, 0.717) is 0 Å². The maximum atomic E-state index is 14.1. The Morgan fingerprint density at radius 2 is 2.07 bits per heavy atom. The van der Waals surface area contributed by atoms with E-state index in [1.54, 1.807) is 13.8 Å². The molecule has 1 amide bonds. The molecule has 1 atom stereocenters. The third-order valence-electron chi connectivity index (χ3n) is 3.98. The molecular formula is C19H23ClFNO5. The van der Waals surface area contributed by atoms with Crippen LogP contribution in [0.1, 0.15) is 46.0 Å². The second kappa shape index (κ2) is 9.60. The van der Waals surface area contributed by atoms with Crippen LogP contribution >= 0.6 is 11.6 Å². The van der Waals surface area contributed by atoms with Crippen molar-refractivity contribution in [2.45, 2.75) is 58.2 Å². The highest BCUT2D eigenvalue weighted by Crippen LogP contribution is 2.31. The molecule has 0 heterocycles. The van der Waals surface area contributed by atoms with Crippen LogP contribution in [0.2, 0.25) is 5.02 Å². The van der Waals surface area contributed by atoms with Gasteiger partial charge in [0.1, 0.15) is 11.6 Å². The number of hydrogen-bond donors (Lipinski definition) is 2. The van der Waals surface area contributed by atoms with Crippen molar-refractivity contribution in [1.29, 1.82) is 0 Å². The summed E-state index contributed by atoms with van der Waals surface area (Å²) < 4.78 is 24.5. The number of ether oxygens (including phenoxy) is 2. The van der Waals surface area contributed by atoms with Gasteiger partial charge in [-0.1, -0.05) is 23.3 Å². The zero-order chi connectivity index (χ0) is 20.0. The molecule has 148 valence electrons. The van der Waals surface area contributed by atoms with Gasteiger partial charge in [-0.2, -0.15) is 0 Å². The van der Waals surface area contributed by atoms with Crippen LogP contribution in [0, 0.1) is 5.82 Å². The van der Waals surface area contributed by atoms with Crippen molar-refractivity contribution in [1.82, 2.24) is 0 Å². The third kappa shape index (κ3) is 6.43. The number of halogens is 2. The van der Waals surface area contributed by atoms with E-state index in [9.17, 15) is 19.1 Å². The lowest BCUT2D eigenvalue weighted by atomic mass is 9.95. The summed E-state index contributed by atoms with van der Waals surface area (Å²) in [7, 11) is 0. The van der Waals surface area contributed by atoms with E-state index in [1.165, 1.54) is 6.07 Å². The number of hydrogen-bond acceptors (Lipinski definition) is 4. The normalized spacial score (nSPS) is 15.1. The van der Waals surface area contributed by atoms with Crippen LogP contribution in [-0.2, 0) is 9.53 Å². The minimum atomic E-state index is -1.34. The first-order valence-electron chi connectivity index (χ1n) is 8.80. The molecule has 0 saturated carbocycles. The van der Waals surface area contributed by atoms with Gasteiger partial charge in [-0.25, -0.2) is 14.0 Å². The smallest absolute Gasteiger partial charge is 0.412 e. The number of amides is 1. The fourth-order valence-electron chi connectivity index (χ4n) is 2.75. The van der Waals surface area contributed by atoms with Crippen LogP contribution in [0.4, 0.5) is 14.9 Å². The van der Waals surface area contributed by atoms with Gasteiger partial charge in [-0.05, 0) is 45.6 Å². The number of carbonyl (C=O) groups excluding carboxylic acids is 1. The van der Waals surface area contributed by atoms with Crippen LogP contribution in [-0.4, -0.2) is 29.4 Å². The van der Waals surface area contributed by atoms with Gasteiger partial charge in [0.15, 0.2) is 0 Å². The number of carboxylic acid groups (broad SMARTS) is 1. The number of aliphatic carboxylic acids is 1. The van der Waals surface area contributed by atoms with Crippen molar-refractivity contribution in [2.24, 2.45) is 0 Å². The molecule has 6 nitrogen and oxygen atoms in total. The Morgan fingerprint density at radius 3 is 2.67 bits per heavy atom. The molecule has 1 aliphatic rings. The molecule has 0 radical (unpaired) electrons. The number of allylic oxidation sites excluding steroid dienone is 1. The molecular weight excluding hydrogens is 377 g/mol. The van der Waals surface area contributed by atoms with Crippen molar-refractivity contribution in [3.8, 4) is 5.75 Å². The van der Waals surface area contributed by atoms with Crippen LogP contribution in [0.3, 0.4) is 0 Å². The number of carboxylic acids is 1. The van der Waals surface area contributed by atoms with Gasteiger partial charge < -0.3 is 14.6 Å². The molecule has 0 saturated heterocycles. The fourth-order valence-corrected chi connectivity index (χ4v) is 2.94. The van der Waals surface area contributed by atoms with E-state index in [2.05, 4.69) is 5.32 Å². The van der Waals surface area contributed by atoms with Crippen molar-refractivity contribution in [3.63, 3.8) is 0 Å². The number of carbonyl (C=O) groups is 2. The summed E-state index contributed by atoms with van der Waals surface area (Å²) in [4.78, 5) is 23.5. The summed E-state index contributed by atoms with van der Waals surface area (Å²) in [5.41, 5.74) is 0.743. The number of benzene rings is 1. The highest BCUT2D eigenvalue weighted by Gasteiger charge is 2.25. The molecule has 1 aromatic carbocycles. The van der Waals surface area contributed by atoms with E-state index in [4.69, 9.17) is 21.1 Å². The molecule has 0 aliphatic heterocycles. The molecule has 8 heteroatoms. The summed E-state index contributed by atoms with van der Waals surface area (Å²) in [5.74, 6) is -1.84. The first-order chi connectivity index (χ1) is 12.8. The average molecular weight is 400 g/mol. The second-order valence-corrected chi connectivity index (χ2v) is 7.01. The number of nitrogens with one attached hydrogen (secondary N) is 1. The molecule has 0 fully saturated rings. The van der Waals surface area contributed by atoms with E-state index in [-0.39, 0.29) is 29.0 Å². The number of rotatable bonds is 7. The zero-order valence-corrected chi connectivity index (χ0v) is 16.0. The highest BCUT2D eigenvalue weighted by atomic mass is 35.5. The summed E-state index contributed by atoms with van der Waals surface area (Å²) in [6.07, 6.45) is 3.24. The van der Waals surface area contributed by atoms with Gasteiger partial charge in [-0.3, -0.25) is 5.32 Å². The maximum Gasteiger partial charge on any atom is 0.412 e. The average Bonchev–Trinajstić information content (AvgIpc) is 2.59. The SMILES string of the molecule is CC(C)Oc1cc(NC(=O)OC(CC2=CCCCC2)C(=O)O)c(F)cc1Cl. The summed E-state index contributed by atoms with van der Waals surface area (Å²) >= 11 is 5.92. The minimum absolute atomic E-state index is 0.0627. The van der Waals surface area contributed by atoms with Crippen LogP contribution in [0.15, 0.2) is 23.8 Å². The Kier molecular flexibility index (Phi) is 7.47.